The number of pyridine rings is 1. The predicted octanol–water partition coefficient (Wildman–Crippen LogP) is 2.14. The first-order valence-electron chi connectivity index (χ1n) is 7.43. The zero-order valence-corrected chi connectivity index (χ0v) is 12.5. The number of aliphatic carboxylic acids is 1. The first-order chi connectivity index (χ1) is 10.0. The van der Waals surface area contributed by atoms with Gasteiger partial charge in [0.1, 0.15) is 0 Å². The molecule has 0 bridgehead atoms. The Kier molecular flexibility index (Phi) is 4.94. The Hall–Kier alpha value is -1.91. The summed E-state index contributed by atoms with van der Waals surface area (Å²) in [6, 6.07) is 1.87. The number of nitrogens with zero attached hydrogens (tertiary/aromatic N) is 1. The van der Waals surface area contributed by atoms with Crippen molar-refractivity contribution in [1.82, 2.24) is 10.3 Å². The van der Waals surface area contributed by atoms with Crippen LogP contribution in [0, 0.1) is 24.7 Å². The molecule has 5 heteroatoms. The number of carbonyl (C=O) groups excluding carboxylic acids is 1. The first kappa shape index (κ1) is 15.5. The molecule has 1 aliphatic rings. The second-order valence-electron chi connectivity index (χ2n) is 5.82. The SMILES string of the molecule is CCC1CC(C(=O)O)C(C(=O)NCc2ccncc2C)C1. The Bertz CT molecular complexity index is 530. The zero-order chi connectivity index (χ0) is 15.4. The minimum absolute atomic E-state index is 0.144. The molecule has 21 heavy (non-hydrogen) atoms. The van der Waals surface area contributed by atoms with Crippen LogP contribution in [0.15, 0.2) is 18.5 Å². The number of aryl methyl sites for hydroxylation is 1. The summed E-state index contributed by atoms with van der Waals surface area (Å²) in [5.74, 6) is -1.62. The molecule has 0 saturated heterocycles. The average Bonchev–Trinajstić information content (AvgIpc) is 2.90. The van der Waals surface area contributed by atoms with Crippen molar-refractivity contribution in [3.63, 3.8) is 0 Å². The summed E-state index contributed by atoms with van der Waals surface area (Å²) < 4.78 is 0. The molecule has 1 aromatic heterocycles. The van der Waals surface area contributed by atoms with Crippen molar-refractivity contribution in [2.45, 2.75) is 39.7 Å². The lowest BCUT2D eigenvalue weighted by Crippen LogP contribution is -2.35. The van der Waals surface area contributed by atoms with Crippen molar-refractivity contribution in [3.8, 4) is 0 Å². The summed E-state index contributed by atoms with van der Waals surface area (Å²) in [4.78, 5) is 27.6. The molecule has 0 spiro atoms. The summed E-state index contributed by atoms with van der Waals surface area (Å²) in [6.45, 7) is 4.41. The van der Waals surface area contributed by atoms with E-state index in [-0.39, 0.29) is 5.91 Å². The Morgan fingerprint density at radius 3 is 2.71 bits per heavy atom. The summed E-state index contributed by atoms with van der Waals surface area (Å²) >= 11 is 0. The minimum atomic E-state index is -0.855. The highest BCUT2D eigenvalue weighted by molar-refractivity contribution is 5.85. The molecule has 2 rings (SSSR count). The van der Waals surface area contributed by atoms with Crippen molar-refractivity contribution in [3.05, 3.63) is 29.6 Å². The van der Waals surface area contributed by atoms with Gasteiger partial charge in [-0.3, -0.25) is 14.6 Å². The Balaban J connectivity index is 1.99. The van der Waals surface area contributed by atoms with Gasteiger partial charge in [0, 0.05) is 18.9 Å². The molecule has 1 fully saturated rings. The van der Waals surface area contributed by atoms with Crippen molar-refractivity contribution in [2.24, 2.45) is 17.8 Å². The Labute approximate surface area is 124 Å². The molecule has 1 heterocycles. The Morgan fingerprint density at radius 1 is 1.38 bits per heavy atom. The van der Waals surface area contributed by atoms with Gasteiger partial charge in [-0.05, 0) is 42.9 Å². The highest BCUT2D eigenvalue weighted by Gasteiger charge is 2.41. The topological polar surface area (TPSA) is 79.3 Å². The van der Waals surface area contributed by atoms with Gasteiger partial charge in [-0.15, -0.1) is 0 Å². The number of rotatable bonds is 5. The fourth-order valence-corrected chi connectivity index (χ4v) is 3.05. The van der Waals surface area contributed by atoms with E-state index < -0.39 is 17.8 Å². The van der Waals surface area contributed by atoms with E-state index in [2.05, 4.69) is 10.3 Å². The maximum Gasteiger partial charge on any atom is 0.307 e. The molecule has 1 aromatic rings. The standard InChI is InChI=1S/C16H22N2O3/c1-3-11-6-13(14(7-11)16(20)21)15(19)18-9-12-4-5-17-8-10(12)2/h4-5,8,11,13-14H,3,6-7,9H2,1-2H3,(H,18,19)(H,20,21). The highest BCUT2D eigenvalue weighted by Crippen LogP contribution is 2.38. The number of nitrogens with one attached hydrogen (secondary N) is 1. The second-order valence-corrected chi connectivity index (χ2v) is 5.82. The molecule has 0 radical (unpaired) electrons. The van der Waals surface area contributed by atoms with E-state index >= 15 is 0 Å². The van der Waals surface area contributed by atoms with Gasteiger partial charge < -0.3 is 10.4 Å². The van der Waals surface area contributed by atoms with E-state index in [0.29, 0.717) is 25.3 Å². The molecule has 114 valence electrons. The van der Waals surface area contributed by atoms with E-state index in [1.165, 1.54) is 0 Å². The van der Waals surface area contributed by atoms with Crippen LogP contribution in [-0.2, 0) is 16.1 Å². The van der Waals surface area contributed by atoms with E-state index in [9.17, 15) is 14.7 Å². The first-order valence-corrected chi connectivity index (χ1v) is 7.43. The van der Waals surface area contributed by atoms with Gasteiger partial charge in [0.2, 0.25) is 5.91 Å². The van der Waals surface area contributed by atoms with Crippen molar-refractivity contribution < 1.29 is 14.7 Å². The number of carboxylic acid groups (broad SMARTS) is 1. The number of amides is 1. The van der Waals surface area contributed by atoms with E-state index in [1.54, 1.807) is 12.4 Å². The lowest BCUT2D eigenvalue weighted by molar-refractivity contribution is -0.146. The van der Waals surface area contributed by atoms with Gasteiger partial charge in [-0.25, -0.2) is 0 Å². The number of carbonyl (C=O) groups is 2. The molecule has 1 aliphatic carbocycles. The summed E-state index contributed by atoms with van der Waals surface area (Å²) in [5.41, 5.74) is 2.03. The van der Waals surface area contributed by atoms with Crippen LogP contribution in [0.5, 0.6) is 0 Å². The van der Waals surface area contributed by atoms with Gasteiger partial charge in [-0.2, -0.15) is 0 Å². The third-order valence-corrected chi connectivity index (χ3v) is 4.48. The molecule has 2 N–H and O–H groups in total. The monoisotopic (exact) mass is 290 g/mol. The largest absolute Gasteiger partial charge is 0.481 e. The van der Waals surface area contributed by atoms with Crippen molar-refractivity contribution >= 4 is 11.9 Å². The van der Waals surface area contributed by atoms with E-state index in [1.807, 2.05) is 19.9 Å². The normalized spacial score (nSPS) is 24.8. The lowest BCUT2D eigenvalue weighted by Gasteiger charge is -2.16. The minimum Gasteiger partial charge on any atom is -0.481 e. The zero-order valence-electron chi connectivity index (χ0n) is 12.5. The molecule has 0 aliphatic heterocycles. The third kappa shape index (κ3) is 3.60. The maximum atomic E-state index is 12.3. The molecule has 3 atom stereocenters. The van der Waals surface area contributed by atoms with Crippen LogP contribution in [0.25, 0.3) is 0 Å². The van der Waals surface area contributed by atoms with Crippen LogP contribution in [0.1, 0.15) is 37.3 Å². The van der Waals surface area contributed by atoms with Crippen LogP contribution in [0.4, 0.5) is 0 Å². The van der Waals surface area contributed by atoms with Crippen molar-refractivity contribution in [2.75, 3.05) is 0 Å². The fourth-order valence-electron chi connectivity index (χ4n) is 3.05. The van der Waals surface area contributed by atoms with Gasteiger partial charge >= 0.3 is 5.97 Å². The number of aromatic nitrogens is 1. The van der Waals surface area contributed by atoms with Crippen LogP contribution >= 0.6 is 0 Å². The number of hydrogen-bond donors (Lipinski definition) is 2. The van der Waals surface area contributed by atoms with Crippen LogP contribution in [0.2, 0.25) is 0 Å². The van der Waals surface area contributed by atoms with Crippen LogP contribution in [0.3, 0.4) is 0 Å². The van der Waals surface area contributed by atoms with Gasteiger partial charge in [0.05, 0.1) is 11.8 Å². The smallest absolute Gasteiger partial charge is 0.307 e. The summed E-state index contributed by atoms with van der Waals surface area (Å²) in [5, 5.41) is 12.2. The van der Waals surface area contributed by atoms with Gasteiger partial charge in [0.15, 0.2) is 0 Å². The molecule has 1 saturated carbocycles. The van der Waals surface area contributed by atoms with Crippen LogP contribution < -0.4 is 5.32 Å². The Morgan fingerprint density at radius 2 is 2.10 bits per heavy atom. The predicted molar refractivity (Wildman–Crippen MR) is 78.5 cm³/mol. The average molecular weight is 290 g/mol. The molecular weight excluding hydrogens is 268 g/mol. The number of hydrogen-bond acceptors (Lipinski definition) is 3. The fraction of sp³-hybridized carbons (Fsp3) is 0.562. The molecule has 5 nitrogen and oxygen atoms in total. The maximum absolute atomic E-state index is 12.3. The van der Waals surface area contributed by atoms with Crippen LogP contribution in [-0.4, -0.2) is 22.0 Å². The molecule has 3 unspecified atom stereocenters. The van der Waals surface area contributed by atoms with Crippen molar-refractivity contribution in [1.29, 1.82) is 0 Å². The molecule has 0 aromatic carbocycles. The summed E-state index contributed by atoms with van der Waals surface area (Å²) in [6.07, 6.45) is 5.66. The second kappa shape index (κ2) is 6.70. The lowest BCUT2D eigenvalue weighted by atomic mass is 9.95. The highest BCUT2D eigenvalue weighted by atomic mass is 16.4. The summed E-state index contributed by atoms with van der Waals surface area (Å²) in [7, 11) is 0. The number of carboxylic acids is 1. The van der Waals surface area contributed by atoms with Gasteiger partial charge in [-0.1, -0.05) is 13.3 Å². The van der Waals surface area contributed by atoms with E-state index in [0.717, 1.165) is 17.5 Å². The molecule has 1 amide bonds. The third-order valence-electron chi connectivity index (χ3n) is 4.48. The van der Waals surface area contributed by atoms with Gasteiger partial charge in [0.25, 0.3) is 0 Å². The van der Waals surface area contributed by atoms with E-state index in [4.69, 9.17) is 0 Å². The molecular formula is C16H22N2O3. The quantitative estimate of drug-likeness (QED) is 0.870.